The number of hydrogen-bond acceptors (Lipinski definition) is 3. The SMILES string of the molecule is CN[C@@H](COC)C(=O)c1ccc(C)cc1. The maximum Gasteiger partial charge on any atom is 0.182 e. The van der Waals surface area contributed by atoms with Gasteiger partial charge >= 0.3 is 0 Å². The van der Waals surface area contributed by atoms with Gasteiger partial charge in [0.05, 0.1) is 12.6 Å². The number of aryl methyl sites for hydroxylation is 1. The number of Topliss-reactive ketones (excluding diaryl/α,β-unsaturated/α-hetero) is 1. The van der Waals surface area contributed by atoms with Gasteiger partial charge in [0.25, 0.3) is 0 Å². The molecular formula is C12H17NO2. The van der Waals surface area contributed by atoms with Gasteiger partial charge in [-0.3, -0.25) is 4.79 Å². The molecule has 0 heterocycles. The highest BCUT2D eigenvalue weighted by molar-refractivity contribution is 6.00. The zero-order valence-corrected chi connectivity index (χ0v) is 9.41. The van der Waals surface area contributed by atoms with Gasteiger partial charge in [0.15, 0.2) is 5.78 Å². The Bertz CT molecular complexity index is 319. The van der Waals surface area contributed by atoms with Gasteiger partial charge in [-0.2, -0.15) is 0 Å². The number of nitrogens with one attached hydrogen (secondary N) is 1. The van der Waals surface area contributed by atoms with Crippen LogP contribution in [0.15, 0.2) is 24.3 Å². The third-order valence-corrected chi connectivity index (χ3v) is 2.33. The fourth-order valence-corrected chi connectivity index (χ4v) is 1.38. The molecule has 0 unspecified atom stereocenters. The molecule has 0 amide bonds. The Labute approximate surface area is 90.4 Å². The lowest BCUT2D eigenvalue weighted by atomic mass is 10.0. The minimum absolute atomic E-state index is 0.0688. The predicted octanol–water partition coefficient (Wildman–Crippen LogP) is 1.41. The average molecular weight is 207 g/mol. The van der Waals surface area contributed by atoms with Crippen LogP contribution in [0.4, 0.5) is 0 Å². The Hall–Kier alpha value is -1.19. The van der Waals surface area contributed by atoms with Gasteiger partial charge in [0.1, 0.15) is 0 Å². The van der Waals surface area contributed by atoms with Gasteiger partial charge < -0.3 is 10.1 Å². The smallest absolute Gasteiger partial charge is 0.182 e. The first-order chi connectivity index (χ1) is 7.19. The fraction of sp³-hybridized carbons (Fsp3) is 0.417. The molecule has 0 aliphatic heterocycles. The van der Waals surface area contributed by atoms with Gasteiger partial charge in [-0.1, -0.05) is 29.8 Å². The molecule has 0 bridgehead atoms. The monoisotopic (exact) mass is 207 g/mol. The van der Waals surface area contributed by atoms with Gasteiger partial charge in [-0.05, 0) is 14.0 Å². The van der Waals surface area contributed by atoms with Crippen LogP contribution in [0.1, 0.15) is 15.9 Å². The van der Waals surface area contributed by atoms with Crippen molar-refractivity contribution in [1.82, 2.24) is 5.32 Å². The Morgan fingerprint density at radius 1 is 1.40 bits per heavy atom. The standard InChI is InChI=1S/C12H17NO2/c1-9-4-6-10(7-5-9)12(14)11(13-2)8-15-3/h4-7,11,13H,8H2,1-3H3/t11-/m0/s1. The second kappa shape index (κ2) is 5.63. The molecule has 0 saturated heterocycles. The zero-order chi connectivity index (χ0) is 11.3. The average Bonchev–Trinajstić information content (AvgIpc) is 2.26. The molecule has 0 saturated carbocycles. The third-order valence-electron chi connectivity index (χ3n) is 2.33. The molecule has 0 aromatic heterocycles. The van der Waals surface area contributed by atoms with Crippen LogP contribution in [0.3, 0.4) is 0 Å². The van der Waals surface area contributed by atoms with Crippen molar-refractivity contribution in [2.75, 3.05) is 20.8 Å². The number of hydrogen-bond donors (Lipinski definition) is 1. The first kappa shape index (κ1) is 11.9. The summed E-state index contributed by atoms with van der Waals surface area (Å²) in [6.45, 7) is 2.39. The summed E-state index contributed by atoms with van der Waals surface area (Å²) in [5.74, 6) is 0.0688. The summed E-state index contributed by atoms with van der Waals surface area (Å²) < 4.78 is 4.98. The minimum atomic E-state index is -0.266. The third kappa shape index (κ3) is 3.15. The zero-order valence-electron chi connectivity index (χ0n) is 9.41. The maximum absolute atomic E-state index is 11.9. The van der Waals surface area contributed by atoms with Crippen molar-refractivity contribution < 1.29 is 9.53 Å². The van der Waals surface area contributed by atoms with Crippen LogP contribution in [0.25, 0.3) is 0 Å². The number of ketones is 1. The van der Waals surface area contributed by atoms with E-state index in [1.807, 2.05) is 31.2 Å². The highest BCUT2D eigenvalue weighted by Crippen LogP contribution is 2.06. The molecule has 0 spiro atoms. The first-order valence-electron chi connectivity index (χ1n) is 4.96. The Morgan fingerprint density at radius 2 is 2.00 bits per heavy atom. The molecule has 0 aliphatic carbocycles. The molecule has 0 radical (unpaired) electrons. The van der Waals surface area contributed by atoms with Crippen LogP contribution in [0.2, 0.25) is 0 Å². The number of benzene rings is 1. The highest BCUT2D eigenvalue weighted by Gasteiger charge is 2.17. The van der Waals surface area contributed by atoms with Gasteiger partial charge in [0.2, 0.25) is 0 Å². The topological polar surface area (TPSA) is 38.3 Å². The Morgan fingerprint density at radius 3 is 2.47 bits per heavy atom. The minimum Gasteiger partial charge on any atom is -0.383 e. The van der Waals surface area contributed by atoms with E-state index < -0.39 is 0 Å². The van der Waals surface area contributed by atoms with Crippen LogP contribution < -0.4 is 5.32 Å². The Balaban J connectivity index is 2.78. The van der Waals surface area contributed by atoms with Crippen LogP contribution in [0.5, 0.6) is 0 Å². The molecular weight excluding hydrogens is 190 g/mol. The van der Waals surface area contributed by atoms with Crippen molar-refractivity contribution in [3.05, 3.63) is 35.4 Å². The largest absolute Gasteiger partial charge is 0.383 e. The quantitative estimate of drug-likeness (QED) is 0.742. The van der Waals surface area contributed by atoms with Crippen molar-refractivity contribution in [2.45, 2.75) is 13.0 Å². The van der Waals surface area contributed by atoms with Crippen LogP contribution >= 0.6 is 0 Å². The number of ether oxygens (including phenoxy) is 1. The number of carbonyl (C=O) groups is 1. The molecule has 82 valence electrons. The van der Waals surface area contributed by atoms with E-state index in [0.29, 0.717) is 6.61 Å². The van der Waals surface area contributed by atoms with Gasteiger partial charge in [-0.15, -0.1) is 0 Å². The van der Waals surface area contributed by atoms with Crippen molar-refractivity contribution >= 4 is 5.78 Å². The molecule has 3 nitrogen and oxygen atoms in total. The molecule has 1 aromatic rings. The summed E-state index contributed by atoms with van der Waals surface area (Å²) in [6, 6.07) is 7.30. The molecule has 15 heavy (non-hydrogen) atoms. The van der Waals surface area contributed by atoms with E-state index in [1.54, 1.807) is 14.2 Å². The van der Waals surface area contributed by atoms with E-state index in [1.165, 1.54) is 0 Å². The predicted molar refractivity (Wildman–Crippen MR) is 60.2 cm³/mol. The lowest BCUT2D eigenvalue weighted by Crippen LogP contribution is -2.38. The molecule has 3 heteroatoms. The van der Waals surface area contributed by atoms with Crippen LogP contribution in [-0.4, -0.2) is 32.6 Å². The van der Waals surface area contributed by atoms with E-state index in [9.17, 15) is 4.79 Å². The lowest BCUT2D eigenvalue weighted by molar-refractivity contribution is 0.0865. The lowest BCUT2D eigenvalue weighted by Gasteiger charge is -2.13. The second-order valence-electron chi connectivity index (χ2n) is 3.53. The van der Waals surface area contributed by atoms with E-state index in [2.05, 4.69) is 5.32 Å². The van der Waals surface area contributed by atoms with E-state index in [4.69, 9.17) is 4.74 Å². The molecule has 0 fully saturated rings. The molecule has 1 N–H and O–H groups in total. The normalized spacial score (nSPS) is 12.5. The van der Waals surface area contributed by atoms with E-state index in [0.717, 1.165) is 11.1 Å². The highest BCUT2D eigenvalue weighted by atomic mass is 16.5. The summed E-state index contributed by atoms with van der Waals surface area (Å²) >= 11 is 0. The second-order valence-corrected chi connectivity index (χ2v) is 3.53. The summed E-state index contributed by atoms with van der Waals surface area (Å²) in [7, 11) is 3.35. The van der Waals surface area contributed by atoms with Crippen molar-refractivity contribution in [3.63, 3.8) is 0 Å². The number of carbonyl (C=O) groups excluding carboxylic acids is 1. The number of likely N-dealkylation sites (N-methyl/N-ethyl adjacent to an activating group) is 1. The van der Waals surface area contributed by atoms with Gasteiger partial charge in [0, 0.05) is 12.7 Å². The van der Waals surface area contributed by atoms with Crippen LogP contribution in [-0.2, 0) is 4.74 Å². The van der Waals surface area contributed by atoms with E-state index in [-0.39, 0.29) is 11.8 Å². The summed E-state index contributed by atoms with van der Waals surface area (Å²) in [4.78, 5) is 11.9. The summed E-state index contributed by atoms with van der Waals surface area (Å²) in [5.41, 5.74) is 1.87. The van der Waals surface area contributed by atoms with E-state index >= 15 is 0 Å². The van der Waals surface area contributed by atoms with Gasteiger partial charge in [-0.25, -0.2) is 0 Å². The molecule has 1 rings (SSSR count). The van der Waals surface area contributed by atoms with Crippen molar-refractivity contribution in [2.24, 2.45) is 0 Å². The molecule has 1 aromatic carbocycles. The molecule has 1 atom stereocenters. The molecule has 0 aliphatic rings. The summed E-state index contributed by atoms with van der Waals surface area (Å²) in [6.07, 6.45) is 0. The van der Waals surface area contributed by atoms with Crippen molar-refractivity contribution in [3.8, 4) is 0 Å². The van der Waals surface area contributed by atoms with Crippen molar-refractivity contribution in [1.29, 1.82) is 0 Å². The maximum atomic E-state index is 11.9. The fourth-order valence-electron chi connectivity index (χ4n) is 1.38. The Kier molecular flexibility index (Phi) is 4.46. The first-order valence-corrected chi connectivity index (χ1v) is 4.96. The summed E-state index contributed by atoms with van der Waals surface area (Å²) in [5, 5.41) is 2.94. The van der Waals surface area contributed by atoms with Crippen LogP contribution in [0, 0.1) is 6.92 Å². The number of rotatable bonds is 5. The number of methoxy groups -OCH3 is 1.